The molecule has 0 radical (unpaired) electrons. The van der Waals surface area contributed by atoms with Crippen molar-refractivity contribution in [3.63, 3.8) is 0 Å². The minimum atomic E-state index is -3.41. The second kappa shape index (κ2) is 5.81. The van der Waals surface area contributed by atoms with Gasteiger partial charge in [0.1, 0.15) is 4.90 Å². The summed E-state index contributed by atoms with van der Waals surface area (Å²) in [6.07, 6.45) is 5.38. The van der Waals surface area contributed by atoms with E-state index in [-0.39, 0.29) is 10.9 Å². The average Bonchev–Trinajstić information content (AvgIpc) is 2.91. The molecule has 6 nitrogen and oxygen atoms in total. The van der Waals surface area contributed by atoms with E-state index < -0.39 is 10.0 Å². The molecular weight excluding hydrogens is 252 g/mol. The third-order valence-electron chi connectivity index (χ3n) is 3.24. The second-order valence-electron chi connectivity index (χ2n) is 4.53. The molecule has 1 aliphatic rings. The first-order chi connectivity index (χ1) is 8.66. The fourth-order valence-electron chi connectivity index (χ4n) is 2.33. The van der Waals surface area contributed by atoms with E-state index in [0.29, 0.717) is 6.54 Å². The topological polar surface area (TPSA) is 78.1 Å². The van der Waals surface area contributed by atoms with Gasteiger partial charge in [-0.3, -0.25) is 5.10 Å². The van der Waals surface area contributed by atoms with Crippen molar-refractivity contribution in [2.45, 2.75) is 37.1 Å². The van der Waals surface area contributed by atoms with Crippen molar-refractivity contribution in [3.8, 4) is 0 Å². The molecule has 2 N–H and O–H groups in total. The first-order valence-corrected chi connectivity index (χ1v) is 7.81. The number of aromatic nitrogens is 2. The van der Waals surface area contributed by atoms with Crippen LogP contribution in [0.5, 0.6) is 0 Å². The Kier molecular flexibility index (Phi) is 4.36. The minimum absolute atomic E-state index is 0.103. The SMILES string of the molecule is CCCN(C1CCNCC1)S(=O)(=O)c1cn[nH]c1. The average molecular weight is 272 g/mol. The van der Waals surface area contributed by atoms with Crippen LogP contribution in [-0.4, -0.2) is 48.6 Å². The lowest BCUT2D eigenvalue weighted by atomic mass is 10.1. The molecule has 1 fully saturated rings. The number of piperidine rings is 1. The van der Waals surface area contributed by atoms with Gasteiger partial charge < -0.3 is 5.32 Å². The van der Waals surface area contributed by atoms with Gasteiger partial charge in [0.15, 0.2) is 0 Å². The van der Waals surface area contributed by atoms with Crippen LogP contribution in [0.25, 0.3) is 0 Å². The lowest BCUT2D eigenvalue weighted by Gasteiger charge is -2.33. The van der Waals surface area contributed by atoms with Crippen molar-refractivity contribution in [1.29, 1.82) is 0 Å². The highest BCUT2D eigenvalue weighted by Crippen LogP contribution is 2.21. The van der Waals surface area contributed by atoms with Gasteiger partial charge in [-0.25, -0.2) is 8.42 Å². The molecule has 1 aromatic heterocycles. The van der Waals surface area contributed by atoms with Crippen molar-refractivity contribution >= 4 is 10.0 Å². The number of hydrogen-bond donors (Lipinski definition) is 2. The number of nitrogens with one attached hydrogen (secondary N) is 2. The zero-order valence-electron chi connectivity index (χ0n) is 10.6. The maximum absolute atomic E-state index is 12.5. The van der Waals surface area contributed by atoms with Crippen LogP contribution in [0, 0.1) is 0 Å². The van der Waals surface area contributed by atoms with Crippen molar-refractivity contribution in [2.75, 3.05) is 19.6 Å². The number of rotatable bonds is 5. The van der Waals surface area contributed by atoms with Crippen LogP contribution in [0.3, 0.4) is 0 Å². The van der Waals surface area contributed by atoms with Gasteiger partial charge >= 0.3 is 0 Å². The van der Waals surface area contributed by atoms with Gasteiger partial charge in [0.2, 0.25) is 10.0 Å². The molecule has 102 valence electrons. The normalized spacial score (nSPS) is 18.3. The monoisotopic (exact) mass is 272 g/mol. The lowest BCUT2D eigenvalue weighted by molar-refractivity contribution is 0.262. The Bertz CT molecular complexity index is 451. The molecule has 2 heterocycles. The van der Waals surface area contributed by atoms with Crippen molar-refractivity contribution in [2.24, 2.45) is 0 Å². The maximum Gasteiger partial charge on any atom is 0.246 e. The van der Waals surface area contributed by atoms with Crippen molar-refractivity contribution in [3.05, 3.63) is 12.4 Å². The molecule has 18 heavy (non-hydrogen) atoms. The number of sulfonamides is 1. The van der Waals surface area contributed by atoms with Crippen LogP contribution in [0.1, 0.15) is 26.2 Å². The highest BCUT2D eigenvalue weighted by atomic mass is 32.2. The molecule has 1 aromatic rings. The molecule has 0 saturated carbocycles. The van der Waals surface area contributed by atoms with Crippen molar-refractivity contribution < 1.29 is 8.42 Å². The Morgan fingerprint density at radius 3 is 2.72 bits per heavy atom. The summed E-state index contributed by atoms with van der Waals surface area (Å²) in [6, 6.07) is 0.103. The number of nitrogens with zero attached hydrogens (tertiary/aromatic N) is 2. The van der Waals surface area contributed by atoms with Crippen LogP contribution in [-0.2, 0) is 10.0 Å². The Morgan fingerprint density at radius 2 is 2.17 bits per heavy atom. The molecule has 2 rings (SSSR count). The van der Waals surface area contributed by atoms with Gasteiger partial charge in [-0.05, 0) is 32.4 Å². The Labute approximate surface area is 108 Å². The molecule has 0 spiro atoms. The first-order valence-electron chi connectivity index (χ1n) is 6.37. The summed E-state index contributed by atoms with van der Waals surface area (Å²) < 4.78 is 26.7. The summed E-state index contributed by atoms with van der Waals surface area (Å²) in [5.74, 6) is 0. The summed E-state index contributed by atoms with van der Waals surface area (Å²) >= 11 is 0. The number of hydrogen-bond acceptors (Lipinski definition) is 4. The van der Waals surface area contributed by atoms with Gasteiger partial charge in [-0.2, -0.15) is 9.40 Å². The Hall–Kier alpha value is -0.920. The highest BCUT2D eigenvalue weighted by Gasteiger charge is 2.32. The fraction of sp³-hybridized carbons (Fsp3) is 0.727. The minimum Gasteiger partial charge on any atom is -0.317 e. The molecule has 1 saturated heterocycles. The predicted octanol–water partition coefficient (Wildman–Crippen LogP) is 0.562. The van der Waals surface area contributed by atoms with E-state index in [9.17, 15) is 8.42 Å². The van der Waals surface area contributed by atoms with Crippen LogP contribution in [0.4, 0.5) is 0 Å². The van der Waals surface area contributed by atoms with E-state index in [1.54, 1.807) is 4.31 Å². The zero-order chi connectivity index (χ0) is 13.0. The zero-order valence-corrected chi connectivity index (χ0v) is 11.4. The molecular formula is C11H20N4O2S. The third kappa shape index (κ3) is 2.73. The van der Waals surface area contributed by atoms with E-state index in [4.69, 9.17) is 0 Å². The highest BCUT2D eigenvalue weighted by molar-refractivity contribution is 7.89. The number of H-pyrrole nitrogens is 1. The van der Waals surface area contributed by atoms with E-state index >= 15 is 0 Å². The quantitative estimate of drug-likeness (QED) is 0.821. The summed E-state index contributed by atoms with van der Waals surface area (Å²) in [6.45, 7) is 4.33. The molecule has 0 bridgehead atoms. The largest absolute Gasteiger partial charge is 0.317 e. The van der Waals surface area contributed by atoms with E-state index in [1.807, 2.05) is 6.92 Å². The van der Waals surface area contributed by atoms with Crippen LogP contribution >= 0.6 is 0 Å². The van der Waals surface area contributed by atoms with Gasteiger partial charge in [-0.15, -0.1) is 0 Å². The van der Waals surface area contributed by atoms with E-state index in [1.165, 1.54) is 12.4 Å². The van der Waals surface area contributed by atoms with Gasteiger partial charge in [-0.1, -0.05) is 6.92 Å². The van der Waals surface area contributed by atoms with Gasteiger partial charge in [0.25, 0.3) is 0 Å². The molecule has 0 aliphatic carbocycles. The number of aromatic amines is 1. The Balaban J connectivity index is 2.23. The van der Waals surface area contributed by atoms with Crippen LogP contribution < -0.4 is 5.32 Å². The van der Waals surface area contributed by atoms with Crippen molar-refractivity contribution in [1.82, 2.24) is 19.8 Å². The summed E-state index contributed by atoms with van der Waals surface area (Å²) in [5.41, 5.74) is 0. The second-order valence-corrected chi connectivity index (χ2v) is 6.42. The van der Waals surface area contributed by atoms with E-state index in [2.05, 4.69) is 15.5 Å². The molecule has 0 aromatic carbocycles. The van der Waals surface area contributed by atoms with Crippen LogP contribution in [0.2, 0.25) is 0 Å². The standard InChI is InChI=1S/C11H20N4O2S/c1-2-7-15(10-3-5-12-6-4-10)18(16,17)11-8-13-14-9-11/h8-10,12H,2-7H2,1H3,(H,13,14). The predicted molar refractivity (Wildman–Crippen MR) is 68.7 cm³/mol. The summed E-state index contributed by atoms with van der Waals surface area (Å²) in [7, 11) is -3.41. The Morgan fingerprint density at radius 1 is 1.44 bits per heavy atom. The lowest BCUT2D eigenvalue weighted by Crippen LogP contribution is -2.46. The molecule has 0 amide bonds. The summed E-state index contributed by atoms with van der Waals surface area (Å²) in [5, 5.41) is 9.56. The maximum atomic E-state index is 12.5. The molecule has 1 aliphatic heterocycles. The van der Waals surface area contributed by atoms with Crippen LogP contribution in [0.15, 0.2) is 17.3 Å². The van der Waals surface area contributed by atoms with Gasteiger partial charge in [0, 0.05) is 18.8 Å². The fourth-order valence-corrected chi connectivity index (χ4v) is 4.01. The molecule has 0 unspecified atom stereocenters. The first kappa shape index (κ1) is 13.5. The van der Waals surface area contributed by atoms with Gasteiger partial charge in [0.05, 0.1) is 6.20 Å². The third-order valence-corrected chi connectivity index (χ3v) is 5.16. The van der Waals surface area contributed by atoms with E-state index in [0.717, 1.165) is 32.4 Å². The molecule has 7 heteroatoms. The summed E-state index contributed by atoms with van der Waals surface area (Å²) in [4.78, 5) is 0.259. The smallest absolute Gasteiger partial charge is 0.246 e. The molecule has 0 atom stereocenters.